The molecule has 0 unspecified atom stereocenters. The second-order valence-electron chi connectivity index (χ2n) is 4.17. The van der Waals surface area contributed by atoms with Crippen LogP contribution in [0.4, 0.5) is 0 Å². The highest BCUT2D eigenvalue weighted by atomic mass is 35.5. The molecule has 0 spiro atoms. The molecule has 92 valence electrons. The molecular weight excluding hydrogens is 254 g/mol. The van der Waals surface area contributed by atoms with Crippen LogP contribution in [0.15, 0.2) is 24.0 Å². The van der Waals surface area contributed by atoms with E-state index in [0.717, 1.165) is 16.5 Å². The third-order valence-electron chi connectivity index (χ3n) is 2.93. The van der Waals surface area contributed by atoms with Crippen molar-refractivity contribution < 1.29 is 14.6 Å². The van der Waals surface area contributed by atoms with Gasteiger partial charge in [0, 0.05) is 10.4 Å². The lowest BCUT2D eigenvalue weighted by atomic mass is 10.00. The Morgan fingerprint density at radius 2 is 2.11 bits per heavy atom. The van der Waals surface area contributed by atoms with Crippen LogP contribution in [-0.4, -0.2) is 10.8 Å². The quantitative estimate of drug-likeness (QED) is 0.802. The molecule has 1 aromatic heterocycles. The van der Waals surface area contributed by atoms with E-state index in [1.165, 1.54) is 6.92 Å². The van der Waals surface area contributed by atoms with Gasteiger partial charge in [-0.25, -0.2) is 0 Å². The van der Waals surface area contributed by atoms with E-state index in [-0.39, 0.29) is 5.78 Å². The summed E-state index contributed by atoms with van der Waals surface area (Å²) in [6, 6.07) is 5.42. The Kier molecular flexibility index (Phi) is 2.35. The Labute approximate surface area is 108 Å². The highest BCUT2D eigenvalue weighted by Gasteiger charge is 2.27. The smallest absolute Gasteiger partial charge is 0.257 e. The molecule has 0 amide bonds. The predicted molar refractivity (Wildman–Crippen MR) is 68.3 cm³/mol. The van der Waals surface area contributed by atoms with Crippen molar-refractivity contribution in [1.29, 1.82) is 0 Å². The van der Waals surface area contributed by atoms with Gasteiger partial charge in [0.15, 0.2) is 11.5 Å². The van der Waals surface area contributed by atoms with Crippen molar-refractivity contribution >= 4 is 33.9 Å². The molecule has 1 aromatic carbocycles. The minimum absolute atomic E-state index is 0.0621. The van der Waals surface area contributed by atoms with Gasteiger partial charge in [0.2, 0.25) is 0 Å². The number of carbonyl (C=O) groups is 1. The number of nitrogens with one attached hydrogen (secondary N) is 1. The molecule has 0 atom stereocenters. The van der Waals surface area contributed by atoms with Gasteiger partial charge in [-0.1, -0.05) is 17.7 Å². The molecule has 18 heavy (non-hydrogen) atoms. The fourth-order valence-electron chi connectivity index (χ4n) is 2.20. The number of hydrogen-bond acceptors (Lipinski definition) is 3. The van der Waals surface area contributed by atoms with Crippen LogP contribution in [0.1, 0.15) is 19.4 Å². The molecule has 0 saturated heterocycles. The van der Waals surface area contributed by atoms with E-state index in [0.29, 0.717) is 22.2 Å². The van der Waals surface area contributed by atoms with E-state index in [2.05, 4.69) is 4.98 Å². The average Bonchev–Trinajstić information content (AvgIpc) is 2.65. The first-order chi connectivity index (χ1) is 8.58. The third kappa shape index (κ3) is 1.49. The largest absolute Gasteiger partial charge is 0.321 e. The summed E-state index contributed by atoms with van der Waals surface area (Å²) in [4.78, 5) is 25.0. The number of benzene rings is 1. The zero-order valence-electron chi connectivity index (χ0n) is 9.83. The summed E-state index contributed by atoms with van der Waals surface area (Å²) in [6.45, 7) is 3.21. The van der Waals surface area contributed by atoms with Crippen molar-refractivity contribution in [3.05, 3.63) is 34.5 Å². The zero-order valence-corrected chi connectivity index (χ0v) is 10.6. The van der Waals surface area contributed by atoms with Crippen molar-refractivity contribution in [3.8, 4) is 5.88 Å². The van der Waals surface area contributed by atoms with Gasteiger partial charge in [-0.2, -0.15) is 0 Å². The standard InChI is InChI=1S/C13H10ClNO3/c1-6(16)11-7(2)17-18-13-12(11)9-4-3-8(14)5-10(9)15-13/h3-5,15H,1-2H3. The first kappa shape index (κ1) is 11.2. The molecule has 0 saturated carbocycles. The van der Waals surface area contributed by atoms with Gasteiger partial charge in [0.05, 0.1) is 16.7 Å². The number of allylic oxidation sites excluding steroid dienone is 2. The average molecular weight is 264 g/mol. The maximum atomic E-state index is 11.7. The summed E-state index contributed by atoms with van der Waals surface area (Å²) < 4.78 is 0. The maximum Gasteiger partial charge on any atom is 0.257 e. The van der Waals surface area contributed by atoms with Crippen molar-refractivity contribution in [2.24, 2.45) is 0 Å². The van der Waals surface area contributed by atoms with Crippen molar-refractivity contribution in [1.82, 2.24) is 4.98 Å². The van der Waals surface area contributed by atoms with Crippen molar-refractivity contribution in [2.45, 2.75) is 13.8 Å². The van der Waals surface area contributed by atoms with E-state index in [1.54, 1.807) is 19.1 Å². The highest BCUT2D eigenvalue weighted by molar-refractivity contribution is 6.31. The van der Waals surface area contributed by atoms with Crippen LogP contribution in [0.2, 0.25) is 5.02 Å². The van der Waals surface area contributed by atoms with E-state index in [9.17, 15) is 4.79 Å². The second kappa shape index (κ2) is 3.78. The summed E-state index contributed by atoms with van der Waals surface area (Å²) in [5.41, 5.74) is 2.08. The van der Waals surface area contributed by atoms with Gasteiger partial charge in [-0.05, 0) is 26.0 Å². The number of fused-ring (bicyclic) bond motifs is 3. The van der Waals surface area contributed by atoms with Crippen molar-refractivity contribution in [2.75, 3.05) is 0 Å². The number of carbonyl (C=O) groups excluding carboxylic acids is 1. The molecule has 0 aliphatic carbocycles. The molecule has 2 heterocycles. The maximum absolute atomic E-state index is 11.7. The lowest BCUT2D eigenvalue weighted by Crippen LogP contribution is -2.10. The Bertz CT molecular complexity index is 700. The number of halogens is 1. The van der Waals surface area contributed by atoms with Gasteiger partial charge in [0.25, 0.3) is 5.88 Å². The zero-order chi connectivity index (χ0) is 12.9. The summed E-state index contributed by atoms with van der Waals surface area (Å²) in [6.07, 6.45) is 0. The SMILES string of the molecule is CC(=O)C1=C(C)OOc2[nH]c3cc(Cl)ccc3c21. The number of rotatable bonds is 1. The third-order valence-corrected chi connectivity index (χ3v) is 3.17. The Hall–Kier alpha value is -1.94. The molecule has 5 heteroatoms. The van der Waals surface area contributed by atoms with Crippen LogP contribution in [0, 0.1) is 0 Å². The Balaban J connectivity index is 2.37. The first-order valence-electron chi connectivity index (χ1n) is 5.46. The van der Waals surface area contributed by atoms with E-state index < -0.39 is 0 Å². The Morgan fingerprint density at radius 3 is 2.83 bits per heavy atom. The fraction of sp³-hybridized carbons (Fsp3) is 0.154. The van der Waals surface area contributed by atoms with Crippen LogP contribution in [0.3, 0.4) is 0 Å². The minimum atomic E-state index is -0.0621. The molecule has 0 bridgehead atoms. The van der Waals surface area contributed by atoms with Gasteiger partial charge in [-0.3, -0.25) is 14.6 Å². The molecule has 1 aliphatic rings. The topological polar surface area (TPSA) is 51.3 Å². The summed E-state index contributed by atoms with van der Waals surface area (Å²) in [5.74, 6) is 0.835. The van der Waals surface area contributed by atoms with Crippen LogP contribution < -0.4 is 4.89 Å². The second-order valence-corrected chi connectivity index (χ2v) is 4.61. The van der Waals surface area contributed by atoms with Crippen LogP contribution in [-0.2, 0) is 9.68 Å². The van der Waals surface area contributed by atoms with Gasteiger partial charge in [-0.15, -0.1) is 0 Å². The summed E-state index contributed by atoms with van der Waals surface area (Å²) in [7, 11) is 0. The van der Waals surface area contributed by atoms with Gasteiger partial charge < -0.3 is 4.98 Å². The molecular formula is C13H10ClNO3. The minimum Gasteiger partial charge on any atom is -0.321 e. The highest BCUT2D eigenvalue weighted by Crippen LogP contribution is 2.40. The van der Waals surface area contributed by atoms with Crippen LogP contribution in [0.5, 0.6) is 5.88 Å². The molecule has 4 nitrogen and oxygen atoms in total. The molecule has 0 radical (unpaired) electrons. The number of aromatic nitrogens is 1. The molecule has 3 rings (SSSR count). The fourth-order valence-corrected chi connectivity index (χ4v) is 2.37. The predicted octanol–water partition coefficient (Wildman–Crippen LogP) is 3.47. The Morgan fingerprint density at radius 1 is 1.33 bits per heavy atom. The van der Waals surface area contributed by atoms with E-state index in [4.69, 9.17) is 21.4 Å². The van der Waals surface area contributed by atoms with Crippen molar-refractivity contribution in [3.63, 3.8) is 0 Å². The number of aromatic amines is 1. The lowest BCUT2D eigenvalue weighted by molar-refractivity contribution is -0.171. The van der Waals surface area contributed by atoms with Gasteiger partial charge in [0.1, 0.15) is 0 Å². The lowest BCUT2D eigenvalue weighted by Gasteiger charge is -2.16. The summed E-state index contributed by atoms with van der Waals surface area (Å²) >= 11 is 5.94. The first-order valence-corrected chi connectivity index (χ1v) is 5.83. The van der Waals surface area contributed by atoms with Gasteiger partial charge >= 0.3 is 0 Å². The monoisotopic (exact) mass is 263 g/mol. The van der Waals surface area contributed by atoms with E-state index >= 15 is 0 Å². The van der Waals surface area contributed by atoms with E-state index in [1.807, 2.05) is 6.07 Å². The number of ketones is 1. The number of hydrogen-bond donors (Lipinski definition) is 1. The number of Topliss-reactive ketones (excluding diaryl/α,β-unsaturated/α-hetero) is 1. The normalized spacial score (nSPS) is 14.2. The number of H-pyrrole nitrogens is 1. The summed E-state index contributed by atoms with van der Waals surface area (Å²) in [5, 5.41) is 1.51. The van der Waals surface area contributed by atoms with Crippen LogP contribution in [0.25, 0.3) is 16.5 Å². The molecule has 2 aromatic rings. The molecule has 1 aliphatic heterocycles. The molecule has 1 N–H and O–H groups in total. The molecule has 0 fully saturated rings. The van der Waals surface area contributed by atoms with Crippen LogP contribution >= 0.6 is 11.6 Å².